The summed E-state index contributed by atoms with van der Waals surface area (Å²) in [6, 6.07) is 6.24. The van der Waals surface area contributed by atoms with Gasteiger partial charge in [0.05, 0.1) is 12.7 Å². The molecule has 0 fully saturated rings. The first-order chi connectivity index (χ1) is 9.08. The quantitative estimate of drug-likeness (QED) is 0.734. The number of likely N-dealkylation sites (N-methyl/N-ethyl adjacent to an activating group) is 1. The third-order valence-electron chi connectivity index (χ3n) is 3.43. The van der Waals surface area contributed by atoms with E-state index in [-0.39, 0.29) is 0 Å². The van der Waals surface area contributed by atoms with Crippen LogP contribution in [0, 0.1) is 13.8 Å². The van der Waals surface area contributed by atoms with E-state index >= 15 is 0 Å². The Kier molecular flexibility index (Phi) is 7.06. The van der Waals surface area contributed by atoms with Crippen LogP contribution in [0.25, 0.3) is 0 Å². The van der Waals surface area contributed by atoms with Crippen LogP contribution in [0.3, 0.4) is 0 Å². The van der Waals surface area contributed by atoms with E-state index in [9.17, 15) is 5.11 Å². The fraction of sp³-hybridized carbons (Fsp3) is 0.625. The van der Waals surface area contributed by atoms with Crippen molar-refractivity contribution in [3.8, 4) is 0 Å². The molecule has 0 saturated heterocycles. The molecule has 0 radical (unpaired) electrons. The molecule has 0 aliphatic rings. The van der Waals surface area contributed by atoms with Crippen LogP contribution < -0.4 is 0 Å². The van der Waals surface area contributed by atoms with Crippen LogP contribution in [0.1, 0.15) is 36.6 Å². The van der Waals surface area contributed by atoms with E-state index in [0.717, 1.165) is 37.4 Å². The fourth-order valence-corrected chi connectivity index (χ4v) is 2.18. The molecule has 1 rings (SSSR count). The van der Waals surface area contributed by atoms with Gasteiger partial charge in [-0.2, -0.15) is 0 Å². The van der Waals surface area contributed by atoms with Crippen molar-refractivity contribution in [1.82, 2.24) is 4.90 Å². The Bertz CT molecular complexity index is 379. The van der Waals surface area contributed by atoms with Crippen molar-refractivity contribution in [2.24, 2.45) is 0 Å². The highest BCUT2D eigenvalue weighted by molar-refractivity contribution is 5.32. The van der Waals surface area contributed by atoms with Crippen LogP contribution >= 0.6 is 0 Å². The molecular formula is C16H27NO2. The highest BCUT2D eigenvalue weighted by Crippen LogP contribution is 2.20. The van der Waals surface area contributed by atoms with Crippen LogP contribution in [0.5, 0.6) is 0 Å². The van der Waals surface area contributed by atoms with E-state index in [1.807, 2.05) is 6.92 Å². The molecule has 0 aromatic heterocycles. The number of nitrogens with zero attached hydrogens (tertiary/aromatic N) is 1. The molecule has 3 heteroatoms. The molecule has 1 aromatic carbocycles. The normalized spacial score (nSPS) is 12.9. The topological polar surface area (TPSA) is 32.7 Å². The third-order valence-corrected chi connectivity index (χ3v) is 3.43. The predicted octanol–water partition coefficient (Wildman–Crippen LogP) is 2.70. The second-order valence-electron chi connectivity index (χ2n) is 4.97. The van der Waals surface area contributed by atoms with Crippen LogP contribution in [-0.2, 0) is 4.74 Å². The van der Waals surface area contributed by atoms with Gasteiger partial charge in [-0.3, -0.25) is 4.90 Å². The standard InChI is InChI=1S/C16H27NO2/c1-5-17(9-10-19-6-2)12-16(18)15-11-13(3)7-8-14(15)4/h7-8,11,16,18H,5-6,9-10,12H2,1-4H3. The molecule has 0 spiro atoms. The first-order valence-corrected chi connectivity index (χ1v) is 7.13. The van der Waals surface area contributed by atoms with E-state index in [1.54, 1.807) is 0 Å². The molecule has 0 heterocycles. The van der Waals surface area contributed by atoms with Gasteiger partial charge >= 0.3 is 0 Å². The molecule has 0 amide bonds. The average Bonchev–Trinajstić information content (AvgIpc) is 2.40. The van der Waals surface area contributed by atoms with Crippen molar-refractivity contribution in [3.63, 3.8) is 0 Å². The molecule has 3 nitrogen and oxygen atoms in total. The zero-order valence-corrected chi connectivity index (χ0v) is 12.6. The van der Waals surface area contributed by atoms with Gasteiger partial charge in [0.1, 0.15) is 0 Å². The molecule has 0 aliphatic heterocycles. The third kappa shape index (κ3) is 5.31. The number of aryl methyl sites for hydroxylation is 2. The Labute approximate surface area is 117 Å². The van der Waals surface area contributed by atoms with Gasteiger partial charge in [-0.05, 0) is 38.4 Å². The van der Waals surface area contributed by atoms with Gasteiger partial charge < -0.3 is 9.84 Å². The van der Waals surface area contributed by atoms with Crippen molar-refractivity contribution in [1.29, 1.82) is 0 Å². The summed E-state index contributed by atoms with van der Waals surface area (Å²) in [5, 5.41) is 10.4. The van der Waals surface area contributed by atoms with Crippen molar-refractivity contribution < 1.29 is 9.84 Å². The fourth-order valence-electron chi connectivity index (χ4n) is 2.18. The number of hydrogen-bond acceptors (Lipinski definition) is 3. The maximum absolute atomic E-state index is 10.4. The zero-order chi connectivity index (χ0) is 14.3. The summed E-state index contributed by atoms with van der Waals surface area (Å²) in [4.78, 5) is 2.22. The molecule has 1 N–H and O–H groups in total. The average molecular weight is 265 g/mol. The Morgan fingerprint density at radius 3 is 2.63 bits per heavy atom. The first-order valence-electron chi connectivity index (χ1n) is 7.13. The zero-order valence-electron chi connectivity index (χ0n) is 12.6. The van der Waals surface area contributed by atoms with Crippen LogP contribution in [0.4, 0.5) is 0 Å². The van der Waals surface area contributed by atoms with Gasteiger partial charge in [0.25, 0.3) is 0 Å². The second kappa shape index (κ2) is 8.31. The van der Waals surface area contributed by atoms with E-state index in [2.05, 4.69) is 43.9 Å². The number of aliphatic hydroxyl groups excluding tert-OH is 1. The summed E-state index contributed by atoms with van der Waals surface area (Å²) in [6.07, 6.45) is -0.429. The molecule has 1 atom stereocenters. The maximum atomic E-state index is 10.4. The molecular weight excluding hydrogens is 238 g/mol. The van der Waals surface area contributed by atoms with E-state index in [1.165, 1.54) is 5.56 Å². The Morgan fingerprint density at radius 2 is 2.00 bits per heavy atom. The summed E-state index contributed by atoms with van der Waals surface area (Å²) in [5.74, 6) is 0. The van der Waals surface area contributed by atoms with Gasteiger partial charge in [0.2, 0.25) is 0 Å². The molecule has 0 aliphatic carbocycles. The summed E-state index contributed by atoms with van der Waals surface area (Å²) >= 11 is 0. The van der Waals surface area contributed by atoms with Gasteiger partial charge in [-0.25, -0.2) is 0 Å². The molecule has 1 aromatic rings. The number of ether oxygens (including phenoxy) is 1. The summed E-state index contributed by atoms with van der Waals surface area (Å²) in [6.45, 7) is 12.1. The van der Waals surface area contributed by atoms with Crippen molar-refractivity contribution in [2.45, 2.75) is 33.8 Å². The lowest BCUT2D eigenvalue weighted by molar-refractivity contribution is 0.0789. The number of hydrogen-bond donors (Lipinski definition) is 1. The van der Waals surface area contributed by atoms with Gasteiger partial charge in [0.15, 0.2) is 0 Å². The van der Waals surface area contributed by atoms with Gasteiger partial charge in [-0.15, -0.1) is 0 Å². The Balaban J connectivity index is 2.60. The van der Waals surface area contributed by atoms with Crippen molar-refractivity contribution >= 4 is 0 Å². The predicted molar refractivity (Wildman–Crippen MR) is 79.5 cm³/mol. The van der Waals surface area contributed by atoms with Crippen LogP contribution in [-0.4, -0.2) is 42.9 Å². The smallest absolute Gasteiger partial charge is 0.0919 e. The molecule has 0 bridgehead atoms. The van der Waals surface area contributed by atoms with Gasteiger partial charge in [-0.1, -0.05) is 30.7 Å². The summed E-state index contributed by atoms with van der Waals surface area (Å²) in [7, 11) is 0. The SMILES string of the molecule is CCOCCN(CC)CC(O)c1cc(C)ccc1C. The van der Waals surface area contributed by atoms with Crippen LogP contribution in [0.15, 0.2) is 18.2 Å². The van der Waals surface area contributed by atoms with E-state index < -0.39 is 6.10 Å². The highest BCUT2D eigenvalue weighted by atomic mass is 16.5. The largest absolute Gasteiger partial charge is 0.387 e. The summed E-state index contributed by atoms with van der Waals surface area (Å²) < 4.78 is 5.37. The van der Waals surface area contributed by atoms with Crippen molar-refractivity contribution in [2.75, 3.05) is 32.8 Å². The maximum Gasteiger partial charge on any atom is 0.0919 e. The molecule has 108 valence electrons. The number of rotatable bonds is 8. The highest BCUT2D eigenvalue weighted by Gasteiger charge is 2.14. The number of aliphatic hydroxyl groups is 1. The Morgan fingerprint density at radius 1 is 1.26 bits per heavy atom. The van der Waals surface area contributed by atoms with Gasteiger partial charge in [0, 0.05) is 19.7 Å². The first kappa shape index (κ1) is 16.2. The minimum absolute atomic E-state index is 0.429. The second-order valence-corrected chi connectivity index (χ2v) is 4.97. The van der Waals surface area contributed by atoms with E-state index in [4.69, 9.17) is 4.74 Å². The Hall–Kier alpha value is -0.900. The van der Waals surface area contributed by atoms with E-state index in [0.29, 0.717) is 6.54 Å². The summed E-state index contributed by atoms with van der Waals surface area (Å²) in [5.41, 5.74) is 3.38. The number of benzene rings is 1. The molecule has 19 heavy (non-hydrogen) atoms. The monoisotopic (exact) mass is 265 g/mol. The van der Waals surface area contributed by atoms with Crippen molar-refractivity contribution in [3.05, 3.63) is 34.9 Å². The molecule has 0 saturated carbocycles. The van der Waals surface area contributed by atoms with Crippen LogP contribution in [0.2, 0.25) is 0 Å². The lowest BCUT2D eigenvalue weighted by Gasteiger charge is -2.24. The lowest BCUT2D eigenvalue weighted by Crippen LogP contribution is -2.32. The minimum atomic E-state index is -0.429. The minimum Gasteiger partial charge on any atom is -0.387 e. The lowest BCUT2D eigenvalue weighted by atomic mass is 10.0. The molecule has 1 unspecified atom stereocenters.